The summed E-state index contributed by atoms with van der Waals surface area (Å²) in [6.45, 7) is 0. The molecule has 94 valence electrons. The first-order valence-electron chi connectivity index (χ1n) is 5.79. The topological polar surface area (TPSA) is 37.8 Å². The summed E-state index contributed by atoms with van der Waals surface area (Å²) in [5.41, 5.74) is 1.16. The van der Waals surface area contributed by atoms with Gasteiger partial charge in [-0.2, -0.15) is 0 Å². The zero-order valence-electron chi connectivity index (χ0n) is 9.54. The molecular formula is C12H11BrFN3S. The first kappa shape index (κ1) is 12.0. The van der Waals surface area contributed by atoms with E-state index in [-0.39, 0.29) is 11.6 Å². The number of aryl methyl sites for hydroxylation is 2. The van der Waals surface area contributed by atoms with Crippen LogP contribution < -0.4 is 5.32 Å². The van der Waals surface area contributed by atoms with E-state index >= 15 is 0 Å². The Kier molecular flexibility index (Phi) is 3.30. The van der Waals surface area contributed by atoms with Gasteiger partial charge in [-0.05, 0) is 47.7 Å². The fourth-order valence-electron chi connectivity index (χ4n) is 2.01. The molecule has 0 aromatic carbocycles. The van der Waals surface area contributed by atoms with Crippen molar-refractivity contribution in [1.82, 2.24) is 9.97 Å². The highest BCUT2D eigenvalue weighted by Gasteiger charge is 2.16. The van der Waals surface area contributed by atoms with Gasteiger partial charge in [0.15, 0.2) is 16.8 Å². The molecule has 2 aromatic rings. The summed E-state index contributed by atoms with van der Waals surface area (Å²) in [7, 11) is 0. The van der Waals surface area contributed by atoms with Crippen LogP contribution in [-0.4, -0.2) is 9.97 Å². The molecule has 0 saturated carbocycles. The van der Waals surface area contributed by atoms with Gasteiger partial charge >= 0.3 is 0 Å². The minimum absolute atomic E-state index is 0.226. The number of aromatic nitrogens is 2. The molecule has 0 atom stereocenters. The fraction of sp³-hybridized carbons (Fsp3) is 0.333. The lowest BCUT2D eigenvalue weighted by molar-refractivity contribution is 0.625. The van der Waals surface area contributed by atoms with E-state index in [4.69, 9.17) is 0 Å². The number of hydrogen-bond acceptors (Lipinski definition) is 4. The molecule has 6 heteroatoms. The molecule has 3 nitrogen and oxygen atoms in total. The highest BCUT2D eigenvalue weighted by atomic mass is 79.9. The van der Waals surface area contributed by atoms with Crippen molar-refractivity contribution in [1.29, 1.82) is 0 Å². The minimum Gasteiger partial charge on any atom is -0.314 e. The second-order valence-electron chi connectivity index (χ2n) is 4.20. The standard InChI is InChI=1S/C12H11BrFN3S/c13-7-5-8(14)11(15-6-7)17-12-16-9-3-1-2-4-10(9)18-12/h5-6H,1-4H2,(H,15,16,17). The van der Waals surface area contributed by atoms with Crippen LogP contribution in [-0.2, 0) is 12.8 Å². The Morgan fingerprint density at radius 1 is 1.33 bits per heavy atom. The van der Waals surface area contributed by atoms with Gasteiger partial charge in [0, 0.05) is 15.5 Å². The van der Waals surface area contributed by atoms with E-state index < -0.39 is 0 Å². The summed E-state index contributed by atoms with van der Waals surface area (Å²) in [5.74, 6) is -0.151. The van der Waals surface area contributed by atoms with Crippen LogP contribution in [0.1, 0.15) is 23.4 Å². The van der Waals surface area contributed by atoms with E-state index in [1.807, 2.05) is 0 Å². The number of nitrogens with one attached hydrogen (secondary N) is 1. The molecule has 0 amide bonds. The second-order valence-corrected chi connectivity index (χ2v) is 6.20. The summed E-state index contributed by atoms with van der Waals surface area (Å²) in [5, 5.41) is 3.69. The van der Waals surface area contributed by atoms with Crippen molar-refractivity contribution >= 4 is 38.2 Å². The molecule has 2 aromatic heterocycles. The maximum atomic E-state index is 13.6. The number of nitrogens with zero attached hydrogens (tertiary/aromatic N) is 2. The lowest BCUT2D eigenvalue weighted by Crippen LogP contribution is -1.99. The lowest BCUT2D eigenvalue weighted by Gasteiger charge is -2.06. The molecule has 0 aliphatic heterocycles. The van der Waals surface area contributed by atoms with Crippen molar-refractivity contribution in [2.45, 2.75) is 25.7 Å². The van der Waals surface area contributed by atoms with Gasteiger partial charge in [-0.1, -0.05) is 0 Å². The molecule has 3 rings (SSSR count). The molecule has 0 spiro atoms. The fourth-order valence-corrected chi connectivity index (χ4v) is 3.37. The van der Waals surface area contributed by atoms with E-state index in [9.17, 15) is 4.39 Å². The highest BCUT2D eigenvalue weighted by molar-refractivity contribution is 9.10. The van der Waals surface area contributed by atoms with Crippen LogP contribution in [0.25, 0.3) is 0 Å². The normalized spacial score (nSPS) is 14.3. The summed E-state index contributed by atoms with van der Waals surface area (Å²) >= 11 is 4.79. The number of halogens is 2. The maximum Gasteiger partial charge on any atom is 0.188 e. The van der Waals surface area contributed by atoms with Crippen LogP contribution in [0.5, 0.6) is 0 Å². The van der Waals surface area contributed by atoms with Crippen molar-refractivity contribution in [3.63, 3.8) is 0 Å². The van der Waals surface area contributed by atoms with E-state index in [0.717, 1.165) is 23.7 Å². The smallest absolute Gasteiger partial charge is 0.188 e. The van der Waals surface area contributed by atoms with Gasteiger partial charge in [0.1, 0.15) is 0 Å². The van der Waals surface area contributed by atoms with Crippen molar-refractivity contribution in [2.75, 3.05) is 5.32 Å². The zero-order chi connectivity index (χ0) is 12.5. The van der Waals surface area contributed by atoms with Gasteiger partial charge in [-0.3, -0.25) is 0 Å². The monoisotopic (exact) mass is 327 g/mol. The summed E-state index contributed by atoms with van der Waals surface area (Å²) in [6, 6.07) is 1.39. The molecule has 2 heterocycles. The summed E-state index contributed by atoms with van der Waals surface area (Å²) < 4.78 is 14.3. The molecule has 1 aliphatic rings. The van der Waals surface area contributed by atoms with E-state index in [1.165, 1.54) is 23.8 Å². The summed E-state index contributed by atoms with van der Waals surface area (Å²) in [4.78, 5) is 9.83. The SMILES string of the molecule is Fc1cc(Br)cnc1Nc1nc2c(s1)CCCC2. The summed E-state index contributed by atoms with van der Waals surface area (Å²) in [6.07, 6.45) is 6.11. The minimum atomic E-state index is -0.377. The number of rotatable bonds is 2. The first-order valence-corrected chi connectivity index (χ1v) is 7.40. The number of thiazole rings is 1. The van der Waals surface area contributed by atoms with Gasteiger partial charge in [0.25, 0.3) is 0 Å². The van der Waals surface area contributed by atoms with Crippen molar-refractivity contribution in [3.05, 3.63) is 33.1 Å². The van der Waals surface area contributed by atoms with Gasteiger partial charge in [-0.25, -0.2) is 14.4 Å². The van der Waals surface area contributed by atoms with Crippen LogP contribution in [0, 0.1) is 5.82 Å². The largest absolute Gasteiger partial charge is 0.314 e. The van der Waals surface area contributed by atoms with Crippen molar-refractivity contribution in [2.24, 2.45) is 0 Å². The van der Waals surface area contributed by atoms with Gasteiger partial charge in [-0.15, -0.1) is 11.3 Å². The average molecular weight is 328 g/mol. The number of pyridine rings is 1. The Labute approximate surface area is 117 Å². The lowest BCUT2D eigenvalue weighted by atomic mass is 10.0. The predicted molar refractivity (Wildman–Crippen MR) is 73.9 cm³/mol. The number of anilines is 2. The third-order valence-electron chi connectivity index (χ3n) is 2.88. The Balaban J connectivity index is 1.85. The average Bonchev–Trinajstić information content (AvgIpc) is 2.75. The Bertz CT molecular complexity index is 561. The van der Waals surface area contributed by atoms with Crippen LogP contribution in [0.15, 0.2) is 16.7 Å². The molecule has 0 unspecified atom stereocenters. The van der Waals surface area contributed by atoms with Crippen molar-refractivity contribution < 1.29 is 4.39 Å². The quantitative estimate of drug-likeness (QED) is 0.903. The molecule has 1 aliphatic carbocycles. The van der Waals surface area contributed by atoms with Crippen LogP contribution in [0.3, 0.4) is 0 Å². The Morgan fingerprint density at radius 2 is 2.17 bits per heavy atom. The van der Waals surface area contributed by atoms with E-state index in [0.29, 0.717) is 4.47 Å². The third kappa shape index (κ3) is 2.40. The highest BCUT2D eigenvalue weighted by Crippen LogP contribution is 2.31. The Hall–Kier alpha value is -1.01. The Morgan fingerprint density at radius 3 is 2.94 bits per heavy atom. The van der Waals surface area contributed by atoms with Crippen molar-refractivity contribution in [3.8, 4) is 0 Å². The molecule has 0 radical (unpaired) electrons. The van der Waals surface area contributed by atoms with Gasteiger partial charge in [0.2, 0.25) is 0 Å². The van der Waals surface area contributed by atoms with Gasteiger partial charge < -0.3 is 5.32 Å². The molecule has 1 N–H and O–H groups in total. The third-order valence-corrected chi connectivity index (χ3v) is 4.39. The van der Waals surface area contributed by atoms with E-state index in [2.05, 4.69) is 31.2 Å². The van der Waals surface area contributed by atoms with E-state index in [1.54, 1.807) is 17.5 Å². The number of hydrogen-bond donors (Lipinski definition) is 1. The second kappa shape index (κ2) is 4.93. The predicted octanol–water partition coefficient (Wildman–Crippen LogP) is 4.06. The zero-order valence-corrected chi connectivity index (χ0v) is 11.9. The number of fused-ring (bicyclic) bond motifs is 1. The molecule has 18 heavy (non-hydrogen) atoms. The van der Waals surface area contributed by atoms with Crippen LogP contribution in [0.4, 0.5) is 15.3 Å². The molecule has 0 fully saturated rings. The molecular weight excluding hydrogens is 317 g/mol. The van der Waals surface area contributed by atoms with Crippen LogP contribution >= 0.6 is 27.3 Å². The maximum absolute atomic E-state index is 13.6. The molecule has 0 bridgehead atoms. The van der Waals surface area contributed by atoms with Gasteiger partial charge in [0.05, 0.1) is 5.69 Å². The molecule has 0 saturated heterocycles. The first-order chi connectivity index (χ1) is 8.72. The van der Waals surface area contributed by atoms with Crippen LogP contribution in [0.2, 0.25) is 0 Å².